The van der Waals surface area contributed by atoms with E-state index in [2.05, 4.69) is 25.4 Å². The monoisotopic (exact) mass is 279 g/mol. The van der Waals surface area contributed by atoms with Crippen molar-refractivity contribution in [1.82, 2.24) is 20.5 Å². The third-order valence-corrected chi connectivity index (χ3v) is 3.29. The third kappa shape index (κ3) is 2.54. The number of aromatic nitrogens is 3. The molecule has 1 aliphatic heterocycles. The Morgan fingerprint density at radius 1 is 1.32 bits per heavy atom. The molecule has 0 atom stereocenters. The number of rotatable bonds is 2. The largest absolute Gasteiger partial charge is 0.421 e. The topological polar surface area (TPSA) is 67.1 Å². The Morgan fingerprint density at radius 2 is 2.11 bits per heavy atom. The maximum Gasteiger partial charge on any atom is 0.249 e. The Morgan fingerprint density at radius 3 is 2.74 bits per heavy atom. The van der Waals surface area contributed by atoms with Gasteiger partial charge in [0.25, 0.3) is 0 Å². The molecule has 0 aromatic carbocycles. The van der Waals surface area contributed by atoms with E-state index in [1.807, 2.05) is 6.07 Å². The maximum atomic E-state index is 6.31. The van der Waals surface area contributed by atoms with Gasteiger partial charge in [-0.3, -0.25) is 0 Å². The molecule has 2 aromatic rings. The molecule has 0 unspecified atom stereocenters. The van der Waals surface area contributed by atoms with Gasteiger partial charge in [0.2, 0.25) is 11.8 Å². The molecule has 0 bridgehead atoms. The van der Waals surface area contributed by atoms with Crippen LogP contribution in [-0.2, 0) is 0 Å². The van der Waals surface area contributed by atoms with Gasteiger partial charge in [-0.1, -0.05) is 11.6 Å². The predicted molar refractivity (Wildman–Crippen MR) is 72.4 cm³/mol. The molecule has 1 N–H and O–H groups in total. The molecular formula is C12H14ClN5O. The summed E-state index contributed by atoms with van der Waals surface area (Å²) in [5.74, 6) is 1.78. The molecule has 19 heavy (non-hydrogen) atoms. The highest BCUT2D eigenvalue weighted by Gasteiger charge is 2.16. The van der Waals surface area contributed by atoms with Crippen molar-refractivity contribution in [3.8, 4) is 11.5 Å². The summed E-state index contributed by atoms with van der Waals surface area (Å²) < 4.78 is 5.37. The molecular weight excluding hydrogens is 266 g/mol. The van der Waals surface area contributed by atoms with E-state index in [0.717, 1.165) is 37.6 Å². The van der Waals surface area contributed by atoms with Gasteiger partial charge in [-0.2, -0.15) is 0 Å². The first kappa shape index (κ1) is 12.4. The zero-order chi connectivity index (χ0) is 13.2. The summed E-state index contributed by atoms with van der Waals surface area (Å²) in [6, 6.07) is 1.82. The van der Waals surface area contributed by atoms with Gasteiger partial charge in [-0.05, 0) is 6.07 Å². The minimum atomic E-state index is 0.443. The van der Waals surface area contributed by atoms with Crippen molar-refractivity contribution in [2.75, 3.05) is 31.1 Å². The van der Waals surface area contributed by atoms with Crippen LogP contribution in [0.15, 0.2) is 16.7 Å². The molecule has 0 spiro atoms. The summed E-state index contributed by atoms with van der Waals surface area (Å²) in [6.45, 7) is 5.46. The first-order valence-electron chi connectivity index (χ1n) is 6.16. The molecule has 3 heterocycles. The van der Waals surface area contributed by atoms with Gasteiger partial charge in [0.05, 0.1) is 10.6 Å². The fourth-order valence-corrected chi connectivity index (χ4v) is 2.36. The normalized spacial score (nSPS) is 15.8. The molecule has 1 aliphatic rings. The standard InChI is InChI=1S/C12H14ClN5O/c1-8-16-17-12(19-8)9-6-10(13)11(15-7-9)18-4-2-14-3-5-18/h6-7,14H,2-5H2,1H3. The van der Waals surface area contributed by atoms with Crippen molar-refractivity contribution in [3.05, 3.63) is 23.2 Å². The highest BCUT2D eigenvalue weighted by atomic mass is 35.5. The number of aryl methyl sites for hydroxylation is 1. The fraction of sp³-hybridized carbons (Fsp3) is 0.417. The van der Waals surface area contributed by atoms with E-state index in [-0.39, 0.29) is 0 Å². The summed E-state index contributed by atoms with van der Waals surface area (Å²) in [5, 5.41) is 11.7. The van der Waals surface area contributed by atoms with E-state index in [4.69, 9.17) is 16.0 Å². The number of nitrogens with one attached hydrogen (secondary N) is 1. The molecule has 0 amide bonds. The van der Waals surface area contributed by atoms with Gasteiger partial charge in [0.1, 0.15) is 5.82 Å². The van der Waals surface area contributed by atoms with Crippen LogP contribution in [0.5, 0.6) is 0 Å². The quantitative estimate of drug-likeness (QED) is 0.899. The van der Waals surface area contributed by atoms with E-state index in [9.17, 15) is 0 Å². The molecule has 0 aliphatic carbocycles. The molecule has 0 radical (unpaired) electrons. The minimum absolute atomic E-state index is 0.443. The second kappa shape index (κ2) is 5.14. The maximum absolute atomic E-state index is 6.31. The number of anilines is 1. The molecule has 1 fully saturated rings. The lowest BCUT2D eigenvalue weighted by atomic mass is 10.2. The number of piperazine rings is 1. The van der Waals surface area contributed by atoms with Crippen molar-refractivity contribution in [2.24, 2.45) is 0 Å². The second-order valence-corrected chi connectivity index (χ2v) is 4.80. The Balaban J connectivity index is 1.89. The molecule has 7 heteroatoms. The summed E-state index contributed by atoms with van der Waals surface area (Å²) in [7, 11) is 0. The Labute approximate surface area is 115 Å². The summed E-state index contributed by atoms with van der Waals surface area (Å²) >= 11 is 6.31. The van der Waals surface area contributed by atoms with Crippen molar-refractivity contribution in [1.29, 1.82) is 0 Å². The predicted octanol–water partition coefficient (Wildman–Crippen LogP) is 1.50. The van der Waals surface area contributed by atoms with E-state index in [1.54, 1.807) is 13.1 Å². The van der Waals surface area contributed by atoms with Gasteiger partial charge in [-0.25, -0.2) is 4.98 Å². The first-order valence-corrected chi connectivity index (χ1v) is 6.53. The Kier molecular flexibility index (Phi) is 3.35. The average Bonchev–Trinajstić information content (AvgIpc) is 2.86. The van der Waals surface area contributed by atoms with E-state index in [0.29, 0.717) is 16.8 Å². The third-order valence-electron chi connectivity index (χ3n) is 3.01. The lowest BCUT2D eigenvalue weighted by Crippen LogP contribution is -2.44. The van der Waals surface area contributed by atoms with Crippen LogP contribution in [0.4, 0.5) is 5.82 Å². The highest BCUT2D eigenvalue weighted by Crippen LogP contribution is 2.28. The molecule has 3 rings (SSSR count). The van der Waals surface area contributed by atoms with Crippen molar-refractivity contribution >= 4 is 17.4 Å². The van der Waals surface area contributed by atoms with Crippen LogP contribution < -0.4 is 10.2 Å². The molecule has 100 valence electrons. The van der Waals surface area contributed by atoms with E-state index < -0.39 is 0 Å². The van der Waals surface area contributed by atoms with Crippen LogP contribution in [0.3, 0.4) is 0 Å². The van der Waals surface area contributed by atoms with Gasteiger partial charge in [0, 0.05) is 39.3 Å². The summed E-state index contributed by atoms with van der Waals surface area (Å²) in [6.07, 6.45) is 1.72. The van der Waals surface area contributed by atoms with E-state index in [1.165, 1.54) is 0 Å². The minimum Gasteiger partial charge on any atom is -0.421 e. The van der Waals surface area contributed by atoms with Crippen LogP contribution in [0, 0.1) is 6.92 Å². The number of hydrogen-bond acceptors (Lipinski definition) is 6. The zero-order valence-corrected chi connectivity index (χ0v) is 11.3. The summed E-state index contributed by atoms with van der Waals surface area (Å²) in [4.78, 5) is 6.59. The van der Waals surface area contributed by atoms with E-state index >= 15 is 0 Å². The Bertz CT molecular complexity index is 579. The van der Waals surface area contributed by atoms with Crippen molar-refractivity contribution in [2.45, 2.75) is 6.92 Å². The Hall–Kier alpha value is -1.66. The average molecular weight is 280 g/mol. The van der Waals surface area contributed by atoms with Crippen LogP contribution in [0.25, 0.3) is 11.5 Å². The number of nitrogens with zero attached hydrogens (tertiary/aromatic N) is 4. The fourth-order valence-electron chi connectivity index (χ4n) is 2.07. The first-order chi connectivity index (χ1) is 9.24. The van der Waals surface area contributed by atoms with Crippen LogP contribution in [0.2, 0.25) is 5.02 Å². The molecule has 2 aromatic heterocycles. The van der Waals surface area contributed by atoms with Gasteiger partial charge in [0.15, 0.2) is 0 Å². The van der Waals surface area contributed by atoms with Crippen molar-refractivity contribution < 1.29 is 4.42 Å². The van der Waals surface area contributed by atoms with Gasteiger partial charge >= 0.3 is 0 Å². The summed E-state index contributed by atoms with van der Waals surface area (Å²) in [5.41, 5.74) is 0.740. The zero-order valence-electron chi connectivity index (χ0n) is 10.6. The molecule has 1 saturated heterocycles. The van der Waals surface area contributed by atoms with Crippen molar-refractivity contribution in [3.63, 3.8) is 0 Å². The number of halogens is 1. The lowest BCUT2D eigenvalue weighted by molar-refractivity contribution is 0.532. The highest BCUT2D eigenvalue weighted by molar-refractivity contribution is 6.33. The van der Waals surface area contributed by atoms with Crippen LogP contribution in [0.1, 0.15) is 5.89 Å². The smallest absolute Gasteiger partial charge is 0.249 e. The molecule has 0 saturated carbocycles. The number of hydrogen-bond donors (Lipinski definition) is 1. The van der Waals surface area contributed by atoms with Gasteiger partial charge in [-0.15, -0.1) is 10.2 Å². The number of pyridine rings is 1. The molecule has 6 nitrogen and oxygen atoms in total. The van der Waals surface area contributed by atoms with Crippen LogP contribution >= 0.6 is 11.6 Å². The van der Waals surface area contributed by atoms with Gasteiger partial charge < -0.3 is 14.6 Å². The van der Waals surface area contributed by atoms with Crippen LogP contribution in [-0.4, -0.2) is 41.4 Å². The SMILES string of the molecule is Cc1nnc(-c2cnc(N3CCNCC3)c(Cl)c2)o1. The second-order valence-electron chi connectivity index (χ2n) is 4.39. The lowest BCUT2D eigenvalue weighted by Gasteiger charge is -2.29.